The molecule has 53 heavy (non-hydrogen) atoms. The maximum atomic E-state index is 9.88. The normalized spacial score (nSPS) is 14.8. The number of likely N-dealkylation sites (tertiary alicyclic amines) is 1. The number of halogens is 2. The zero-order valence-electron chi connectivity index (χ0n) is 31.1. The van der Waals surface area contributed by atoms with Gasteiger partial charge in [0.25, 0.3) is 0 Å². The number of aryl methyl sites for hydroxylation is 2. The number of ether oxygens (including phenoxy) is 3. The van der Waals surface area contributed by atoms with Gasteiger partial charge >= 0.3 is 0 Å². The Morgan fingerprint density at radius 1 is 0.792 bits per heavy atom. The van der Waals surface area contributed by atoms with Crippen LogP contribution in [0.4, 0.5) is 0 Å². The van der Waals surface area contributed by atoms with Crippen LogP contribution in [0.3, 0.4) is 0 Å². The van der Waals surface area contributed by atoms with Crippen molar-refractivity contribution in [1.29, 1.82) is 0 Å². The lowest BCUT2D eigenvalue weighted by molar-refractivity contribution is 0.0412. The highest BCUT2D eigenvalue weighted by Gasteiger charge is 2.28. The summed E-state index contributed by atoms with van der Waals surface area (Å²) in [6.45, 7) is 11.5. The van der Waals surface area contributed by atoms with Crippen LogP contribution < -0.4 is 19.5 Å². The highest BCUT2D eigenvalue weighted by Crippen LogP contribution is 2.37. The van der Waals surface area contributed by atoms with Gasteiger partial charge in [-0.15, -0.1) is 0 Å². The number of aliphatic hydroxyl groups excluding tert-OH is 3. The molecule has 286 valence electrons. The Morgan fingerprint density at radius 2 is 1.45 bits per heavy atom. The molecular weight excluding hydrogens is 807 g/mol. The predicted octanol–water partition coefficient (Wildman–Crippen LogP) is 7.41. The summed E-state index contributed by atoms with van der Waals surface area (Å²) in [5, 5.41) is 33.1. The van der Waals surface area contributed by atoms with E-state index in [4.69, 9.17) is 28.9 Å². The molecule has 4 aromatic carbocycles. The summed E-state index contributed by atoms with van der Waals surface area (Å²) < 4.78 is 24.5. The molecule has 1 fully saturated rings. The van der Waals surface area contributed by atoms with Gasteiger partial charge in [-0.2, -0.15) is 0 Å². The van der Waals surface area contributed by atoms with Crippen LogP contribution in [0.2, 0.25) is 5.02 Å². The van der Waals surface area contributed by atoms with Gasteiger partial charge < -0.3 is 42.8 Å². The second-order valence-electron chi connectivity index (χ2n) is 14.0. The van der Waals surface area contributed by atoms with Crippen molar-refractivity contribution < 1.29 is 32.6 Å². The van der Waals surface area contributed by atoms with Gasteiger partial charge in [0.15, 0.2) is 0 Å². The first-order chi connectivity index (χ1) is 25.6. The van der Waals surface area contributed by atoms with Crippen LogP contribution in [0, 0.1) is 27.7 Å². The first-order valence-electron chi connectivity index (χ1n) is 18.1. The number of nitrogens with zero attached hydrogens (tertiary/aromatic N) is 1. The van der Waals surface area contributed by atoms with E-state index >= 15 is 0 Å². The number of aliphatic hydroxyl groups is 3. The molecule has 0 unspecified atom stereocenters. The summed E-state index contributed by atoms with van der Waals surface area (Å²) in [6, 6.07) is 22.1. The molecule has 0 aliphatic carbocycles. The maximum absolute atomic E-state index is 9.88. The summed E-state index contributed by atoms with van der Waals surface area (Å²) in [7, 11) is 0. The molecule has 0 spiro atoms. The van der Waals surface area contributed by atoms with Crippen LogP contribution in [0.15, 0.2) is 66.7 Å². The summed E-state index contributed by atoms with van der Waals surface area (Å²) in [4.78, 5) is 2.44. The third kappa shape index (κ3) is 10.4. The summed E-state index contributed by atoms with van der Waals surface area (Å²) in [5.41, 5.74) is 8.20. The van der Waals surface area contributed by atoms with Crippen LogP contribution in [0.1, 0.15) is 51.8 Å². The number of hydrogen-bond donors (Lipinski definition) is 4. The number of nitrogens with one attached hydrogen (secondary N) is 1. The molecule has 4 N–H and O–H groups in total. The van der Waals surface area contributed by atoms with Gasteiger partial charge in [0, 0.05) is 37.8 Å². The van der Waals surface area contributed by atoms with Crippen molar-refractivity contribution in [3.63, 3.8) is 0 Å². The van der Waals surface area contributed by atoms with E-state index < -0.39 is 25.4 Å². The third-order valence-corrected chi connectivity index (χ3v) is 11.3. The molecular formula is C42H52ClIN2O7. The van der Waals surface area contributed by atoms with Gasteiger partial charge in [0.05, 0.1) is 43.1 Å². The summed E-state index contributed by atoms with van der Waals surface area (Å²) >= 11 is 8.82. The van der Waals surface area contributed by atoms with Crippen molar-refractivity contribution in [3.05, 3.63) is 111 Å². The van der Waals surface area contributed by atoms with Gasteiger partial charge in [-0.3, -0.25) is 0 Å². The van der Waals surface area contributed by atoms with Crippen molar-refractivity contribution in [2.24, 2.45) is 0 Å². The molecule has 1 aliphatic rings. The van der Waals surface area contributed by atoms with Crippen molar-refractivity contribution in [3.8, 4) is 28.4 Å². The van der Waals surface area contributed by atoms with Crippen molar-refractivity contribution in [2.45, 2.75) is 71.9 Å². The topological polar surface area (TPSA) is 113 Å². The number of hydrogen-bond acceptors (Lipinski definition) is 9. The van der Waals surface area contributed by atoms with Gasteiger partial charge in [0.1, 0.15) is 53.5 Å². The quantitative estimate of drug-likeness (QED) is 0.0566. The Bertz CT molecular complexity index is 1790. The van der Waals surface area contributed by atoms with Crippen LogP contribution in [-0.4, -0.2) is 77.9 Å². The van der Waals surface area contributed by atoms with Crippen molar-refractivity contribution in [2.75, 3.05) is 46.1 Å². The van der Waals surface area contributed by atoms with Crippen LogP contribution in [-0.2, 0) is 22.8 Å². The van der Waals surface area contributed by atoms with Crippen LogP contribution in [0.5, 0.6) is 17.2 Å². The number of benzene rings is 4. The Hall–Kier alpha value is -2.94. The molecule has 0 bridgehead atoms. The molecule has 0 radical (unpaired) electrons. The van der Waals surface area contributed by atoms with Crippen molar-refractivity contribution >= 4 is 34.6 Å². The van der Waals surface area contributed by atoms with Gasteiger partial charge in [-0.05, 0) is 97.2 Å². The first kappa shape index (κ1) is 41.2. The second kappa shape index (κ2) is 19.6. The fourth-order valence-electron chi connectivity index (χ4n) is 6.68. The average Bonchev–Trinajstić information content (AvgIpc) is 3.63. The fourth-order valence-corrected chi connectivity index (χ4v) is 7.33. The molecule has 1 saturated heterocycles. The van der Waals surface area contributed by atoms with E-state index in [1.165, 1.54) is 0 Å². The average molecular weight is 859 g/mol. The highest BCUT2D eigenvalue weighted by atomic mass is 127. The highest BCUT2D eigenvalue weighted by molar-refractivity contribution is 14.1. The zero-order chi connectivity index (χ0) is 38.0. The van der Waals surface area contributed by atoms with E-state index in [0.29, 0.717) is 41.4 Å². The maximum Gasteiger partial charge on any atom is 0.142 e. The summed E-state index contributed by atoms with van der Waals surface area (Å²) in [6.07, 6.45) is 2.37. The van der Waals surface area contributed by atoms with E-state index in [1.54, 1.807) is 12.1 Å². The minimum absolute atomic E-state index is 0.181. The van der Waals surface area contributed by atoms with E-state index in [-0.39, 0.29) is 13.2 Å². The lowest BCUT2D eigenvalue weighted by Crippen LogP contribution is -2.54. The van der Waals surface area contributed by atoms with E-state index in [1.807, 2.05) is 47.3 Å². The fraction of sp³-hybridized carbons (Fsp3) is 0.429. The second-order valence-corrected chi connectivity index (χ2v) is 14.9. The Kier molecular flexibility index (Phi) is 15.2. The Morgan fingerprint density at radius 3 is 2.13 bits per heavy atom. The zero-order valence-corrected chi connectivity index (χ0v) is 34.0. The molecule has 9 nitrogen and oxygen atoms in total. The van der Waals surface area contributed by atoms with Gasteiger partial charge in [-0.1, -0.05) is 60.1 Å². The number of rotatable bonds is 19. The molecule has 1 heterocycles. The molecule has 5 rings (SSSR count). The minimum Gasteiger partial charge on any atom is -0.493 e. The lowest BCUT2D eigenvalue weighted by Gasteiger charge is -2.29. The molecule has 0 aromatic heterocycles. The van der Waals surface area contributed by atoms with Gasteiger partial charge in [-0.25, -0.2) is 0 Å². The monoisotopic (exact) mass is 858 g/mol. The summed E-state index contributed by atoms with van der Waals surface area (Å²) in [5.74, 6) is 1.90. The predicted molar refractivity (Wildman–Crippen MR) is 218 cm³/mol. The first-order valence-corrected chi connectivity index (χ1v) is 19.4. The largest absolute Gasteiger partial charge is 0.493 e. The van der Waals surface area contributed by atoms with Crippen LogP contribution >= 0.6 is 34.6 Å². The van der Waals surface area contributed by atoms with Gasteiger partial charge in [0.2, 0.25) is 0 Å². The van der Waals surface area contributed by atoms with E-state index in [0.717, 1.165) is 82.7 Å². The van der Waals surface area contributed by atoms with Crippen LogP contribution in [0.25, 0.3) is 11.1 Å². The molecule has 1 atom stereocenters. The Labute approximate surface area is 332 Å². The molecule has 4 aromatic rings. The minimum atomic E-state index is -1.26. The van der Waals surface area contributed by atoms with E-state index in [2.05, 4.69) is 68.2 Å². The molecule has 11 heteroatoms. The smallest absolute Gasteiger partial charge is 0.142 e. The Balaban J connectivity index is 1.31. The third-order valence-electron chi connectivity index (χ3n) is 10.3. The van der Waals surface area contributed by atoms with Crippen molar-refractivity contribution in [1.82, 2.24) is 10.2 Å². The molecule has 1 aliphatic heterocycles. The molecule has 0 saturated carbocycles. The SMILES string of the molecule is Cc1cccc(C)c1COc1cc(OCc2cccc(-c3cccc(OCCCN4CC[C@@H](OI)C4)c3C)c2C)c(Cl)cc1CNC(CO)(CO)CO. The lowest BCUT2D eigenvalue weighted by atomic mass is 9.93. The molecule has 0 amide bonds. The van der Waals surface area contributed by atoms with E-state index in [9.17, 15) is 15.3 Å². The standard InChI is InChI=1S/C42H52ClIN2O7/c1-28-9-5-10-29(2)37(28)24-52-40-20-41(38(43)19-33(40)21-45-42(25-47,26-48)27-49)51-23-32-11-6-12-35(30(32)3)36-13-7-14-39(31(36)4)50-18-8-16-46-17-15-34(22-46)53-44/h5-7,9-14,19-20,34,45,47-49H,8,15-18,21-27H2,1-4H3/t34-/m1/s1.